The molecule has 3 N–H and O–H groups in total. The van der Waals surface area contributed by atoms with Crippen molar-refractivity contribution in [3.63, 3.8) is 0 Å². The van der Waals surface area contributed by atoms with E-state index in [1.807, 2.05) is 6.20 Å². The van der Waals surface area contributed by atoms with Gasteiger partial charge in [0.25, 0.3) is 0 Å². The minimum Gasteiger partial charge on any atom is -0.477 e. The second-order valence-corrected chi connectivity index (χ2v) is 7.27. The van der Waals surface area contributed by atoms with Gasteiger partial charge in [-0.25, -0.2) is 4.79 Å². The zero-order valence-electron chi connectivity index (χ0n) is 14.1. The highest BCUT2D eigenvalue weighted by atomic mass is 32.1. The largest absolute Gasteiger partial charge is 0.477 e. The van der Waals surface area contributed by atoms with Gasteiger partial charge in [-0.15, -0.1) is 11.3 Å². The maximum absolute atomic E-state index is 12.1. The number of rotatable bonds is 6. The number of nitrogens with zero attached hydrogens (tertiary/aromatic N) is 2. The molecular weight excluding hydrogens is 340 g/mol. The number of nitrogens with one attached hydrogen (secondary N) is 2. The van der Waals surface area contributed by atoms with E-state index in [0.717, 1.165) is 37.3 Å². The molecule has 7 nitrogen and oxygen atoms in total. The molecule has 1 fully saturated rings. The number of aromatic carboxylic acids is 1. The first kappa shape index (κ1) is 17.6. The summed E-state index contributed by atoms with van der Waals surface area (Å²) in [4.78, 5) is 25.6. The van der Waals surface area contributed by atoms with Crippen molar-refractivity contribution in [2.75, 3.05) is 25.0 Å². The highest BCUT2D eigenvalue weighted by molar-refractivity contribution is 7.12. The molecule has 0 radical (unpaired) electrons. The van der Waals surface area contributed by atoms with Gasteiger partial charge in [-0.1, -0.05) is 0 Å². The van der Waals surface area contributed by atoms with Gasteiger partial charge in [0.05, 0.1) is 11.9 Å². The molecule has 0 aromatic carbocycles. The van der Waals surface area contributed by atoms with Crippen molar-refractivity contribution in [3.05, 3.63) is 33.8 Å². The van der Waals surface area contributed by atoms with Crippen LogP contribution in [-0.4, -0.2) is 51.7 Å². The van der Waals surface area contributed by atoms with Crippen LogP contribution in [0.2, 0.25) is 0 Å². The van der Waals surface area contributed by atoms with E-state index >= 15 is 0 Å². The van der Waals surface area contributed by atoms with E-state index in [0.29, 0.717) is 24.6 Å². The number of anilines is 1. The van der Waals surface area contributed by atoms with Crippen LogP contribution in [0.15, 0.2) is 17.6 Å². The predicted molar refractivity (Wildman–Crippen MR) is 96.3 cm³/mol. The lowest BCUT2D eigenvalue weighted by atomic mass is 9.91. The fraction of sp³-hybridized carbons (Fsp3) is 0.471. The van der Waals surface area contributed by atoms with Crippen LogP contribution in [0, 0.1) is 6.92 Å². The van der Waals surface area contributed by atoms with E-state index < -0.39 is 5.97 Å². The number of aromatic nitrogens is 2. The first-order valence-corrected chi connectivity index (χ1v) is 9.25. The second kappa shape index (κ2) is 7.79. The quantitative estimate of drug-likeness (QED) is 0.734. The second-order valence-electron chi connectivity index (χ2n) is 6.35. The number of likely N-dealkylation sites (tertiary alicyclic amines) is 1. The number of carboxylic acid groups (broad SMARTS) is 1. The first-order chi connectivity index (χ1) is 12.0. The fourth-order valence-electron chi connectivity index (χ4n) is 3.26. The Bertz CT molecular complexity index is 747. The molecule has 2 aromatic heterocycles. The Morgan fingerprint density at radius 2 is 2.20 bits per heavy atom. The predicted octanol–water partition coefficient (Wildman–Crippen LogP) is 2.69. The molecule has 3 heterocycles. The van der Waals surface area contributed by atoms with E-state index in [4.69, 9.17) is 5.11 Å². The number of H-pyrrole nitrogens is 1. The summed E-state index contributed by atoms with van der Waals surface area (Å²) in [5.41, 5.74) is 2.83. The highest BCUT2D eigenvalue weighted by Gasteiger charge is 2.23. The number of hydrogen-bond donors (Lipinski definition) is 3. The molecule has 0 aliphatic carbocycles. The van der Waals surface area contributed by atoms with Crippen molar-refractivity contribution >= 4 is 28.9 Å². The van der Waals surface area contributed by atoms with Crippen molar-refractivity contribution in [2.45, 2.75) is 32.1 Å². The van der Waals surface area contributed by atoms with Gasteiger partial charge >= 0.3 is 5.97 Å². The Labute approximate surface area is 150 Å². The summed E-state index contributed by atoms with van der Waals surface area (Å²) in [6.07, 6.45) is 4.33. The van der Waals surface area contributed by atoms with Crippen molar-refractivity contribution in [1.82, 2.24) is 15.1 Å². The molecule has 1 aliphatic heterocycles. The molecule has 25 heavy (non-hydrogen) atoms. The van der Waals surface area contributed by atoms with Gasteiger partial charge in [0, 0.05) is 24.6 Å². The lowest BCUT2D eigenvalue weighted by molar-refractivity contribution is -0.116. The summed E-state index contributed by atoms with van der Waals surface area (Å²) in [7, 11) is 0. The molecule has 0 spiro atoms. The van der Waals surface area contributed by atoms with Crippen LogP contribution >= 0.6 is 11.3 Å². The number of amides is 1. The number of piperidine rings is 1. The third kappa shape index (κ3) is 4.26. The molecule has 8 heteroatoms. The van der Waals surface area contributed by atoms with Crippen LogP contribution in [-0.2, 0) is 4.79 Å². The minimum absolute atomic E-state index is 0.146. The smallest absolute Gasteiger partial charge is 0.348 e. The third-order valence-electron chi connectivity index (χ3n) is 4.65. The van der Waals surface area contributed by atoms with Crippen molar-refractivity contribution in [3.8, 4) is 0 Å². The van der Waals surface area contributed by atoms with Gasteiger partial charge < -0.3 is 15.3 Å². The molecule has 1 aliphatic rings. The highest BCUT2D eigenvalue weighted by Crippen LogP contribution is 2.28. The average Bonchev–Trinajstić information content (AvgIpc) is 3.22. The van der Waals surface area contributed by atoms with Gasteiger partial charge in [-0.05, 0) is 49.9 Å². The van der Waals surface area contributed by atoms with Crippen LogP contribution in [0.25, 0.3) is 0 Å². The normalized spacial score (nSPS) is 16.0. The standard InChI is InChI=1S/C17H22N4O3S/c1-11-10-18-20-15(11)12-2-6-21(7-3-12)8-4-14(22)19-13-5-9-25-16(13)17(23)24/h5,9-10,12H,2-4,6-8H2,1H3,(H,18,20)(H,19,22)(H,23,24). The summed E-state index contributed by atoms with van der Waals surface area (Å²) in [6.45, 7) is 4.67. The summed E-state index contributed by atoms with van der Waals surface area (Å²) < 4.78 is 0. The maximum Gasteiger partial charge on any atom is 0.348 e. The summed E-state index contributed by atoms with van der Waals surface area (Å²) in [6, 6.07) is 1.63. The van der Waals surface area contributed by atoms with E-state index in [-0.39, 0.29) is 10.8 Å². The number of thiophene rings is 1. The lowest BCUT2D eigenvalue weighted by Crippen LogP contribution is -2.35. The number of carboxylic acids is 1. The molecule has 134 valence electrons. The van der Waals surface area contributed by atoms with Crippen molar-refractivity contribution in [2.24, 2.45) is 0 Å². The fourth-order valence-corrected chi connectivity index (χ4v) is 3.95. The Morgan fingerprint density at radius 3 is 2.84 bits per heavy atom. The zero-order valence-corrected chi connectivity index (χ0v) is 14.9. The number of aryl methyl sites for hydroxylation is 1. The molecule has 0 atom stereocenters. The molecular formula is C17H22N4O3S. The Balaban J connectivity index is 1.44. The van der Waals surface area contributed by atoms with Crippen molar-refractivity contribution in [1.29, 1.82) is 0 Å². The van der Waals surface area contributed by atoms with Crippen LogP contribution in [0.5, 0.6) is 0 Å². The molecule has 2 aromatic rings. The SMILES string of the molecule is Cc1cn[nH]c1C1CCN(CCC(=O)Nc2ccsc2C(=O)O)CC1. The first-order valence-electron chi connectivity index (χ1n) is 8.37. The molecule has 1 saturated heterocycles. The van der Waals surface area contributed by atoms with Crippen LogP contribution < -0.4 is 5.32 Å². The van der Waals surface area contributed by atoms with Gasteiger partial charge in [0.15, 0.2) is 0 Å². The number of hydrogen-bond acceptors (Lipinski definition) is 5. The van der Waals surface area contributed by atoms with Crippen LogP contribution in [0.3, 0.4) is 0 Å². The molecule has 3 rings (SSSR count). The number of aromatic amines is 1. The summed E-state index contributed by atoms with van der Waals surface area (Å²) >= 11 is 1.11. The Morgan fingerprint density at radius 1 is 1.44 bits per heavy atom. The number of carbonyl (C=O) groups excluding carboxylic acids is 1. The van der Waals surface area contributed by atoms with Crippen LogP contribution in [0.1, 0.15) is 46.1 Å². The van der Waals surface area contributed by atoms with Crippen LogP contribution in [0.4, 0.5) is 5.69 Å². The van der Waals surface area contributed by atoms with E-state index in [2.05, 4.69) is 27.3 Å². The summed E-state index contributed by atoms with van der Waals surface area (Å²) in [5.74, 6) is -0.648. The van der Waals surface area contributed by atoms with E-state index in [9.17, 15) is 9.59 Å². The monoisotopic (exact) mass is 362 g/mol. The maximum atomic E-state index is 12.1. The van der Waals surface area contributed by atoms with Gasteiger partial charge in [-0.3, -0.25) is 9.89 Å². The molecule has 1 amide bonds. The molecule has 0 unspecified atom stereocenters. The minimum atomic E-state index is -1.01. The number of carbonyl (C=O) groups is 2. The topological polar surface area (TPSA) is 98.3 Å². The van der Waals surface area contributed by atoms with Gasteiger partial charge in [0.1, 0.15) is 4.88 Å². The summed E-state index contributed by atoms with van der Waals surface area (Å²) in [5, 5.41) is 20.6. The average molecular weight is 362 g/mol. The Kier molecular flexibility index (Phi) is 5.50. The lowest BCUT2D eigenvalue weighted by Gasteiger charge is -2.31. The molecule has 0 bridgehead atoms. The van der Waals surface area contributed by atoms with Gasteiger partial charge in [-0.2, -0.15) is 5.10 Å². The van der Waals surface area contributed by atoms with Gasteiger partial charge in [0.2, 0.25) is 5.91 Å². The van der Waals surface area contributed by atoms with E-state index in [1.54, 1.807) is 11.4 Å². The van der Waals surface area contributed by atoms with E-state index in [1.165, 1.54) is 11.3 Å². The Hall–Kier alpha value is -2.19. The zero-order chi connectivity index (χ0) is 17.8. The third-order valence-corrected chi connectivity index (χ3v) is 5.55. The van der Waals surface area contributed by atoms with Crippen molar-refractivity contribution < 1.29 is 14.7 Å². The molecule has 0 saturated carbocycles.